The quantitative estimate of drug-likeness (QED) is 0.716. The van der Waals surface area contributed by atoms with E-state index in [1.165, 1.54) is 5.56 Å². The Kier molecular flexibility index (Phi) is 2.18. The molecule has 1 N–H and O–H groups in total. The number of alkyl halides is 1. The summed E-state index contributed by atoms with van der Waals surface area (Å²) >= 11 is 7.35. The van der Waals surface area contributed by atoms with Gasteiger partial charge in [-0.25, -0.2) is 0 Å². The Morgan fingerprint density at radius 1 is 1.46 bits per heavy atom. The summed E-state index contributed by atoms with van der Waals surface area (Å²) in [5, 5.41) is 10.7. The van der Waals surface area contributed by atoms with Gasteiger partial charge in [0.15, 0.2) is 0 Å². The number of aromatic hydroxyl groups is 1. The first-order valence-corrected chi connectivity index (χ1v) is 5.35. The largest absolute Gasteiger partial charge is 0.506 e. The van der Waals surface area contributed by atoms with Crippen molar-refractivity contribution in [2.75, 3.05) is 0 Å². The van der Waals surface area contributed by atoms with E-state index < -0.39 is 0 Å². The van der Waals surface area contributed by atoms with E-state index in [1.807, 2.05) is 19.1 Å². The van der Waals surface area contributed by atoms with Crippen LogP contribution in [0.5, 0.6) is 5.75 Å². The average molecular weight is 213 g/mol. The van der Waals surface area contributed by atoms with Gasteiger partial charge in [0.1, 0.15) is 5.75 Å². The summed E-state index contributed by atoms with van der Waals surface area (Å²) in [6.45, 7) is 2.04. The van der Waals surface area contributed by atoms with Crippen molar-refractivity contribution in [3.63, 3.8) is 0 Å². The predicted octanol–water partition coefficient (Wildman–Crippen LogP) is 3.65. The maximum absolute atomic E-state index is 9.57. The molecule has 0 aliphatic carbocycles. The van der Waals surface area contributed by atoms with Gasteiger partial charge in [-0.15, -0.1) is 22.9 Å². The highest BCUT2D eigenvalue weighted by atomic mass is 35.5. The Bertz CT molecular complexity index is 447. The lowest BCUT2D eigenvalue weighted by Crippen LogP contribution is -1.73. The molecule has 3 heteroatoms. The lowest BCUT2D eigenvalue weighted by Gasteiger charge is -1.93. The standard InChI is InChI=1S/C10H9ClOS/c1-6-7-3-2-4-8(12)10(7)13-9(6)5-11/h2-4,12H,5H2,1H3. The number of aryl methyl sites for hydroxylation is 1. The minimum atomic E-state index is 0.349. The Balaban J connectivity index is 2.83. The highest BCUT2D eigenvalue weighted by Crippen LogP contribution is 2.36. The second-order valence-electron chi connectivity index (χ2n) is 2.94. The maximum atomic E-state index is 9.57. The molecule has 0 radical (unpaired) electrons. The molecule has 0 spiro atoms. The fourth-order valence-corrected chi connectivity index (χ4v) is 2.84. The summed E-state index contributed by atoms with van der Waals surface area (Å²) in [6, 6.07) is 5.57. The van der Waals surface area contributed by atoms with E-state index in [2.05, 4.69) is 0 Å². The summed E-state index contributed by atoms with van der Waals surface area (Å²) < 4.78 is 0.940. The molecule has 0 amide bonds. The van der Waals surface area contributed by atoms with Gasteiger partial charge in [-0.3, -0.25) is 0 Å². The molecule has 2 rings (SSSR count). The summed E-state index contributed by atoms with van der Waals surface area (Å²) in [5.74, 6) is 0.868. The number of hydrogen-bond acceptors (Lipinski definition) is 2. The Morgan fingerprint density at radius 2 is 2.23 bits per heavy atom. The molecule has 0 saturated carbocycles. The van der Waals surface area contributed by atoms with Crippen molar-refractivity contribution < 1.29 is 5.11 Å². The fraction of sp³-hybridized carbons (Fsp3) is 0.200. The summed E-state index contributed by atoms with van der Waals surface area (Å²) in [4.78, 5) is 1.14. The van der Waals surface area contributed by atoms with Gasteiger partial charge in [0.2, 0.25) is 0 Å². The number of thiophene rings is 1. The third-order valence-electron chi connectivity index (χ3n) is 2.16. The second kappa shape index (κ2) is 3.20. The zero-order valence-corrected chi connectivity index (χ0v) is 8.75. The lowest BCUT2D eigenvalue weighted by molar-refractivity contribution is 0.482. The number of halogens is 1. The van der Waals surface area contributed by atoms with Crippen LogP contribution in [0.2, 0.25) is 0 Å². The van der Waals surface area contributed by atoms with Gasteiger partial charge in [0, 0.05) is 4.88 Å². The molecule has 0 saturated heterocycles. The minimum absolute atomic E-state index is 0.349. The van der Waals surface area contributed by atoms with Crippen LogP contribution in [-0.2, 0) is 5.88 Å². The van der Waals surface area contributed by atoms with Crippen LogP contribution in [-0.4, -0.2) is 5.11 Å². The van der Waals surface area contributed by atoms with E-state index in [4.69, 9.17) is 11.6 Å². The van der Waals surface area contributed by atoms with Crippen molar-refractivity contribution in [2.24, 2.45) is 0 Å². The van der Waals surface area contributed by atoms with Crippen LogP contribution < -0.4 is 0 Å². The topological polar surface area (TPSA) is 20.2 Å². The first kappa shape index (κ1) is 8.85. The third-order valence-corrected chi connectivity index (χ3v) is 3.92. The zero-order valence-electron chi connectivity index (χ0n) is 7.17. The number of hydrogen-bond donors (Lipinski definition) is 1. The normalized spacial score (nSPS) is 10.9. The van der Waals surface area contributed by atoms with Crippen LogP contribution in [0.4, 0.5) is 0 Å². The zero-order chi connectivity index (χ0) is 9.42. The van der Waals surface area contributed by atoms with Crippen molar-refractivity contribution in [3.05, 3.63) is 28.6 Å². The van der Waals surface area contributed by atoms with Crippen LogP contribution in [0, 0.1) is 6.92 Å². The molecule has 13 heavy (non-hydrogen) atoms. The van der Waals surface area contributed by atoms with E-state index in [-0.39, 0.29) is 0 Å². The van der Waals surface area contributed by atoms with Gasteiger partial charge in [0.05, 0.1) is 10.6 Å². The van der Waals surface area contributed by atoms with Crippen LogP contribution in [0.1, 0.15) is 10.4 Å². The van der Waals surface area contributed by atoms with Gasteiger partial charge in [-0.1, -0.05) is 12.1 Å². The molecule has 0 unspecified atom stereocenters. The van der Waals surface area contributed by atoms with Crippen LogP contribution in [0.25, 0.3) is 10.1 Å². The van der Waals surface area contributed by atoms with Crippen LogP contribution in [0.15, 0.2) is 18.2 Å². The van der Waals surface area contributed by atoms with Crippen LogP contribution in [0.3, 0.4) is 0 Å². The first-order valence-electron chi connectivity index (χ1n) is 4.00. The van der Waals surface area contributed by atoms with Crippen molar-refractivity contribution in [1.29, 1.82) is 0 Å². The Morgan fingerprint density at radius 3 is 2.85 bits per heavy atom. The third kappa shape index (κ3) is 1.30. The monoisotopic (exact) mass is 212 g/mol. The van der Waals surface area contributed by atoms with Gasteiger partial charge >= 0.3 is 0 Å². The molecule has 1 aromatic carbocycles. The summed E-state index contributed by atoms with van der Waals surface area (Å²) in [6.07, 6.45) is 0. The molecule has 0 fully saturated rings. The van der Waals surface area contributed by atoms with Gasteiger partial charge in [-0.2, -0.15) is 0 Å². The number of phenols is 1. The summed E-state index contributed by atoms with van der Waals surface area (Å²) in [7, 11) is 0. The van der Waals surface area contributed by atoms with E-state index >= 15 is 0 Å². The van der Waals surface area contributed by atoms with E-state index in [0.29, 0.717) is 11.6 Å². The van der Waals surface area contributed by atoms with E-state index in [0.717, 1.165) is 15.0 Å². The van der Waals surface area contributed by atoms with Crippen molar-refractivity contribution in [2.45, 2.75) is 12.8 Å². The average Bonchev–Trinajstić information content (AvgIpc) is 2.45. The van der Waals surface area contributed by atoms with Gasteiger partial charge in [-0.05, 0) is 23.9 Å². The maximum Gasteiger partial charge on any atom is 0.133 e. The highest BCUT2D eigenvalue weighted by Gasteiger charge is 2.09. The Labute approximate surface area is 85.6 Å². The second-order valence-corrected chi connectivity index (χ2v) is 4.31. The molecule has 2 aromatic rings. The number of phenolic OH excluding ortho intramolecular Hbond substituents is 1. The molecule has 1 nitrogen and oxygen atoms in total. The Hall–Kier alpha value is -0.730. The van der Waals surface area contributed by atoms with Crippen molar-refractivity contribution in [1.82, 2.24) is 0 Å². The summed E-state index contributed by atoms with van der Waals surface area (Å²) in [5.41, 5.74) is 1.19. The molecule has 0 aliphatic heterocycles. The van der Waals surface area contributed by atoms with Crippen molar-refractivity contribution in [3.8, 4) is 5.75 Å². The molecule has 1 aromatic heterocycles. The van der Waals surface area contributed by atoms with Gasteiger partial charge in [0.25, 0.3) is 0 Å². The van der Waals surface area contributed by atoms with E-state index in [1.54, 1.807) is 17.4 Å². The SMILES string of the molecule is Cc1c(CCl)sc2c(O)cccc12. The predicted molar refractivity (Wildman–Crippen MR) is 57.8 cm³/mol. The first-order chi connectivity index (χ1) is 6.24. The molecule has 1 heterocycles. The number of fused-ring (bicyclic) bond motifs is 1. The molecule has 68 valence electrons. The highest BCUT2D eigenvalue weighted by molar-refractivity contribution is 7.19. The molecule has 0 aliphatic rings. The molecular formula is C10H9ClOS. The smallest absolute Gasteiger partial charge is 0.133 e. The molecule has 0 bridgehead atoms. The minimum Gasteiger partial charge on any atom is -0.506 e. The van der Waals surface area contributed by atoms with Crippen molar-refractivity contribution >= 4 is 33.0 Å². The fourth-order valence-electron chi connectivity index (χ4n) is 1.40. The lowest BCUT2D eigenvalue weighted by atomic mass is 10.1. The number of benzene rings is 1. The number of rotatable bonds is 1. The molecule has 0 atom stereocenters. The van der Waals surface area contributed by atoms with E-state index in [9.17, 15) is 5.11 Å². The van der Waals surface area contributed by atoms with Gasteiger partial charge < -0.3 is 5.11 Å². The van der Waals surface area contributed by atoms with Crippen LogP contribution >= 0.6 is 22.9 Å². The molecular weight excluding hydrogens is 204 g/mol.